The average Bonchev–Trinajstić information content (AvgIpc) is 2.34. The summed E-state index contributed by atoms with van der Waals surface area (Å²) in [5, 5.41) is 2.74. The molecule has 1 rings (SSSR count). The maximum absolute atomic E-state index is 12.4. The quantitative estimate of drug-likeness (QED) is 0.866. The van der Waals surface area contributed by atoms with Crippen LogP contribution in [0.15, 0.2) is 29.2 Å². The van der Waals surface area contributed by atoms with Gasteiger partial charge in [-0.2, -0.15) is 13.2 Å². The fraction of sp³-hybridized carbons (Fsp3) is 0.417. The molecule has 0 radical (unpaired) electrons. The highest BCUT2D eigenvalue weighted by atomic mass is 32.2. The highest BCUT2D eigenvalue weighted by molar-refractivity contribution is 7.92. The summed E-state index contributed by atoms with van der Waals surface area (Å²) < 4.78 is 59.5. The predicted octanol–water partition coefficient (Wildman–Crippen LogP) is 1.90. The van der Waals surface area contributed by atoms with Crippen molar-refractivity contribution in [3.05, 3.63) is 24.3 Å². The van der Waals surface area contributed by atoms with E-state index in [1.54, 1.807) is 13.8 Å². The largest absolute Gasteiger partial charge is 0.501 e. The second-order valence-electron chi connectivity index (χ2n) is 4.74. The van der Waals surface area contributed by atoms with Crippen LogP contribution in [0.3, 0.4) is 0 Å². The number of amides is 1. The number of rotatable bonds is 5. The van der Waals surface area contributed by atoms with Crippen LogP contribution in [0, 0.1) is 5.92 Å². The number of halogens is 3. The molecule has 1 aromatic carbocycles. The van der Waals surface area contributed by atoms with Gasteiger partial charge in [0.2, 0.25) is 5.91 Å². The van der Waals surface area contributed by atoms with Gasteiger partial charge in [-0.1, -0.05) is 13.8 Å². The molecule has 1 amide bonds. The molecule has 1 atom stereocenters. The predicted molar refractivity (Wildman–Crippen MR) is 71.1 cm³/mol. The minimum absolute atomic E-state index is 0.138. The molecule has 9 heteroatoms. The summed E-state index contributed by atoms with van der Waals surface area (Å²) in [6.07, 6.45) is 0. The molecule has 118 valence electrons. The van der Waals surface area contributed by atoms with Crippen LogP contribution in [0.1, 0.15) is 13.8 Å². The summed E-state index contributed by atoms with van der Waals surface area (Å²) in [4.78, 5) is 10.4. The number of carbonyl (C=O) groups excluding carboxylic acids is 1. The molecule has 0 saturated heterocycles. The Bertz CT molecular complexity index is 610. The Kier molecular flexibility index (Phi) is 4.87. The van der Waals surface area contributed by atoms with E-state index < -0.39 is 32.2 Å². The zero-order chi connectivity index (χ0) is 16.4. The van der Waals surface area contributed by atoms with E-state index in [0.717, 1.165) is 24.3 Å². The molecule has 0 spiro atoms. The Balaban J connectivity index is 3.02. The van der Waals surface area contributed by atoms with Crippen molar-refractivity contribution >= 4 is 21.4 Å². The number of primary amides is 1. The fourth-order valence-electron chi connectivity index (χ4n) is 1.61. The number of nitrogens with one attached hydrogen (secondary N) is 1. The van der Waals surface area contributed by atoms with Crippen LogP contribution in [0.2, 0.25) is 0 Å². The van der Waals surface area contributed by atoms with Crippen LogP contribution >= 0.6 is 0 Å². The molecule has 0 aliphatic heterocycles. The Morgan fingerprint density at radius 2 is 1.67 bits per heavy atom. The number of alkyl halides is 3. The molecule has 0 saturated carbocycles. The van der Waals surface area contributed by atoms with Crippen LogP contribution < -0.4 is 11.1 Å². The molecule has 0 aliphatic rings. The normalized spacial score (nSPS) is 14.0. The van der Waals surface area contributed by atoms with E-state index in [1.165, 1.54) is 0 Å². The van der Waals surface area contributed by atoms with Crippen LogP contribution in [0.4, 0.5) is 18.9 Å². The first-order valence-corrected chi connectivity index (χ1v) is 7.42. The highest BCUT2D eigenvalue weighted by Gasteiger charge is 2.46. The lowest BCUT2D eigenvalue weighted by Gasteiger charge is -2.20. The van der Waals surface area contributed by atoms with E-state index in [1.807, 2.05) is 0 Å². The molecule has 0 fully saturated rings. The Morgan fingerprint density at radius 3 is 2.00 bits per heavy atom. The molecule has 0 aliphatic carbocycles. The van der Waals surface area contributed by atoms with Gasteiger partial charge in [-0.05, 0) is 30.2 Å². The van der Waals surface area contributed by atoms with Crippen molar-refractivity contribution in [1.29, 1.82) is 0 Å². The van der Waals surface area contributed by atoms with Crippen molar-refractivity contribution in [1.82, 2.24) is 0 Å². The smallest absolute Gasteiger partial charge is 0.373 e. The third kappa shape index (κ3) is 3.87. The zero-order valence-corrected chi connectivity index (χ0v) is 12.1. The minimum atomic E-state index is -5.37. The number of benzene rings is 1. The molecule has 0 unspecified atom stereocenters. The number of nitrogens with two attached hydrogens (primary N) is 1. The lowest BCUT2D eigenvalue weighted by atomic mass is 10.0. The highest BCUT2D eigenvalue weighted by Crippen LogP contribution is 2.30. The fourth-order valence-corrected chi connectivity index (χ4v) is 2.37. The molecule has 21 heavy (non-hydrogen) atoms. The van der Waals surface area contributed by atoms with Crippen molar-refractivity contribution in [2.75, 3.05) is 5.32 Å². The van der Waals surface area contributed by atoms with Gasteiger partial charge in [-0.15, -0.1) is 0 Å². The second kappa shape index (κ2) is 5.92. The van der Waals surface area contributed by atoms with Crippen LogP contribution in [-0.4, -0.2) is 25.9 Å². The van der Waals surface area contributed by atoms with E-state index in [9.17, 15) is 26.4 Å². The number of hydrogen-bond acceptors (Lipinski definition) is 4. The first-order valence-electron chi connectivity index (χ1n) is 5.94. The topological polar surface area (TPSA) is 89.3 Å². The number of hydrogen-bond donors (Lipinski definition) is 2. The Morgan fingerprint density at radius 1 is 1.19 bits per heavy atom. The SMILES string of the molecule is CC(C)[C@H](Nc1ccc(S(=O)(=O)C(F)(F)F)cc1)C(N)=O. The molecule has 0 heterocycles. The van der Waals surface area contributed by atoms with Gasteiger partial charge in [0, 0.05) is 5.69 Å². The van der Waals surface area contributed by atoms with Gasteiger partial charge >= 0.3 is 5.51 Å². The summed E-state index contributed by atoms with van der Waals surface area (Å²) in [6.45, 7) is 3.48. The van der Waals surface area contributed by atoms with Gasteiger partial charge in [-0.25, -0.2) is 8.42 Å². The van der Waals surface area contributed by atoms with Crippen molar-refractivity contribution < 1.29 is 26.4 Å². The monoisotopic (exact) mass is 324 g/mol. The number of sulfone groups is 1. The van der Waals surface area contributed by atoms with E-state index in [0.29, 0.717) is 5.69 Å². The van der Waals surface area contributed by atoms with E-state index >= 15 is 0 Å². The molecular weight excluding hydrogens is 309 g/mol. The molecular formula is C12H15F3N2O3S. The zero-order valence-electron chi connectivity index (χ0n) is 11.3. The standard InChI is InChI=1S/C12H15F3N2O3S/c1-7(2)10(11(16)18)17-8-3-5-9(6-4-8)21(19,20)12(13,14)15/h3-7,10,17H,1-2H3,(H2,16,18)/t10-/m0/s1. The van der Waals surface area contributed by atoms with Gasteiger partial charge < -0.3 is 11.1 Å². The number of carbonyl (C=O) groups is 1. The minimum Gasteiger partial charge on any atom is -0.373 e. The summed E-state index contributed by atoms with van der Waals surface area (Å²) in [6, 6.07) is 3.23. The Labute approximate surface area is 120 Å². The summed E-state index contributed by atoms with van der Waals surface area (Å²) >= 11 is 0. The van der Waals surface area contributed by atoms with Crippen molar-refractivity contribution in [2.45, 2.75) is 30.3 Å². The van der Waals surface area contributed by atoms with E-state index in [2.05, 4.69) is 5.32 Å². The number of anilines is 1. The Hall–Kier alpha value is -1.77. The van der Waals surface area contributed by atoms with Gasteiger partial charge in [0.1, 0.15) is 6.04 Å². The maximum atomic E-state index is 12.4. The summed E-state index contributed by atoms with van der Waals surface area (Å²) in [5.74, 6) is -0.752. The van der Waals surface area contributed by atoms with E-state index in [-0.39, 0.29) is 5.92 Å². The van der Waals surface area contributed by atoms with Gasteiger partial charge in [0.15, 0.2) is 0 Å². The van der Waals surface area contributed by atoms with Crippen LogP contribution in [-0.2, 0) is 14.6 Å². The van der Waals surface area contributed by atoms with Crippen molar-refractivity contribution in [3.63, 3.8) is 0 Å². The summed E-state index contributed by atoms with van der Waals surface area (Å²) in [7, 11) is -5.37. The molecule has 5 nitrogen and oxygen atoms in total. The van der Waals surface area contributed by atoms with Crippen molar-refractivity contribution in [3.8, 4) is 0 Å². The van der Waals surface area contributed by atoms with Gasteiger partial charge in [0.05, 0.1) is 4.90 Å². The third-order valence-corrected chi connectivity index (χ3v) is 4.27. The lowest BCUT2D eigenvalue weighted by molar-refractivity contribution is -0.119. The third-order valence-electron chi connectivity index (χ3n) is 2.76. The second-order valence-corrected chi connectivity index (χ2v) is 6.68. The molecule has 1 aromatic rings. The van der Waals surface area contributed by atoms with Gasteiger partial charge in [0.25, 0.3) is 9.84 Å². The van der Waals surface area contributed by atoms with Gasteiger partial charge in [-0.3, -0.25) is 4.79 Å². The lowest BCUT2D eigenvalue weighted by Crippen LogP contribution is -2.39. The maximum Gasteiger partial charge on any atom is 0.501 e. The molecule has 0 bridgehead atoms. The van der Waals surface area contributed by atoms with Crippen molar-refractivity contribution in [2.24, 2.45) is 11.7 Å². The van der Waals surface area contributed by atoms with Crippen LogP contribution in [0.25, 0.3) is 0 Å². The average molecular weight is 324 g/mol. The van der Waals surface area contributed by atoms with E-state index in [4.69, 9.17) is 5.73 Å². The van der Waals surface area contributed by atoms with Crippen LogP contribution in [0.5, 0.6) is 0 Å². The molecule has 3 N–H and O–H groups in total. The molecule has 0 aromatic heterocycles. The first kappa shape index (κ1) is 17.3. The summed E-state index contributed by atoms with van der Waals surface area (Å²) in [5.41, 5.74) is 0.144. The first-order chi connectivity index (χ1) is 9.46.